The van der Waals surface area contributed by atoms with Crippen LogP contribution in [-0.4, -0.2) is 34.8 Å². The standard InChI is InChI=1S/C27H27FN2O4/c1-27(2,3)34-26(31)25(23(18-30(32)33)19-14-16-22(28)17-15-19)29-24(20-10-6-4-7-11-20)21-12-8-5-9-13-21/h4-17,23,25H,18H2,1-3H3/t23-,25+/m0/s1. The minimum atomic E-state index is -1.23. The van der Waals surface area contributed by atoms with Crippen molar-refractivity contribution in [1.29, 1.82) is 0 Å². The van der Waals surface area contributed by atoms with Crippen molar-refractivity contribution in [3.63, 3.8) is 0 Å². The Hall–Kier alpha value is -3.87. The largest absolute Gasteiger partial charge is 0.458 e. The van der Waals surface area contributed by atoms with Crippen LogP contribution in [0.1, 0.15) is 43.4 Å². The highest BCUT2D eigenvalue weighted by Crippen LogP contribution is 2.27. The summed E-state index contributed by atoms with van der Waals surface area (Å²) in [6.07, 6.45) is 0. The number of carbonyl (C=O) groups is 1. The smallest absolute Gasteiger partial charge is 0.332 e. The van der Waals surface area contributed by atoms with Gasteiger partial charge in [0.25, 0.3) is 0 Å². The molecule has 0 aromatic heterocycles. The van der Waals surface area contributed by atoms with Crippen LogP contribution in [0, 0.1) is 15.9 Å². The van der Waals surface area contributed by atoms with E-state index in [-0.39, 0.29) is 0 Å². The van der Waals surface area contributed by atoms with Crippen LogP contribution in [-0.2, 0) is 9.53 Å². The van der Waals surface area contributed by atoms with Crippen LogP contribution in [0.3, 0.4) is 0 Å². The minimum absolute atomic E-state index is 0.429. The molecule has 0 saturated heterocycles. The van der Waals surface area contributed by atoms with Gasteiger partial charge in [0.2, 0.25) is 6.54 Å². The van der Waals surface area contributed by atoms with Gasteiger partial charge in [0.15, 0.2) is 6.04 Å². The molecule has 0 spiro atoms. The molecule has 2 atom stereocenters. The summed E-state index contributed by atoms with van der Waals surface area (Å²) in [5.74, 6) is -2.13. The predicted octanol–water partition coefficient (Wildman–Crippen LogP) is 5.43. The Morgan fingerprint density at radius 3 is 1.88 bits per heavy atom. The van der Waals surface area contributed by atoms with Gasteiger partial charge in [-0.3, -0.25) is 15.1 Å². The minimum Gasteiger partial charge on any atom is -0.458 e. The Balaban J connectivity index is 2.21. The van der Waals surface area contributed by atoms with E-state index in [1.807, 2.05) is 60.7 Å². The number of esters is 1. The third-order valence-electron chi connectivity index (χ3n) is 5.04. The summed E-state index contributed by atoms with van der Waals surface area (Å²) in [7, 11) is 0. The maximum absolute atomic E-state index is 13.6. The molecule has 176 valence electrons. The number of rotatable bonds is 8. The van der Waals surface area contributed by atoms with E-state index in [0.717, 1.165) is 11.1 Å². The van der Waals surface area contributed by atoms with Crippen molar-refractivity contribution in [1.82, 2.24) is 0 Å². The normalized spacial score (nSPS) is 12.9. The van der Waals surface area contributed by atoms with Crippen molar-refractivity contribution in [2.45, 2.75) is 38.3 Å². The second-order valence-corrected chi connectivity index (χ2v) is 8.86. The molecule has 0 N–H and O–H groups in total. The Morgan fingerprint density at radius 2 is 1.44 bits per heavy atom. The second-order valence-electron chi connectivity index (χ2n) is 8.86. The highest BCUT2D eigenvalue weighted by Gasteiger charge is 2.37. The van der Waals surface area contributed by atoms with Gasteiger partial charge in [-0.2, -0.15) is 0 Å². The molecule has 0 aliphatic heterocycles. The van der Waals surface area contributed by atoms with Crippen molar-refractivity contribution < 1.29 is 18.8 Å². The maximum atomic E-state index is 13.6. The summed E-state index contributed by atoms with van der Waals surface area (Å²) in [6.45, 7) is 4.60. The topological polar surface area (TPSA) is 81.8 Å². The molecule has 0 aliphatic carbocycles. The van der Waals surface area contributed by atoms with Gasteiger partial charge in [-0.1, -0.05) is 72.8 Å². The molecule has 0 saturated carbocycles. The van der Waals surface area contributed by atoms with Crippen LogP contribution in [0.4, 0.5) is 4.39 Å². The van der Waals surface area contributed by atoms with E-state index in [9.17, 15) is 19.3 Å². The zero-order valence-corrected chi connectivity index (χ0v) is 19.4. The Labute approximate surface area is 198 Å². The van der Waals surface area contributed by atoms with Crippen LogP contribution >= 0.6 is 0 Å². The SMILES string of the molecule is CC(C)(C)OC(=O)[C@H](N=C(c1ccccc1)c1ccccc1)[C@@H](C[N+](=O)[O-])c1ccc(F)cc1. The summed E-state index contributed by atoms with van der Waals surface area (Å²) in [4.78, 5) is 29.3. The molecule has 0 fully saturated rings. The van der Waals surface area contributed by atoms with E-state index >= 15 is 0 Å². The molecule has 0 aliphatic rings. The monoisotopic (exact) mass is 462 g/mol. The fourth-order valence-corrected chi connectivity index (χ4v) is 3.57. The van der Waals surface area contributed by atoms with E-state index in [4.69, 9.17) is 9.73 Å². The number of nitro groups is 1. The lowest BCUT2D eigenvalue weighted by molar-refractivity contribution is -0.483. The summed E-state index contributed by atoms with van der Waals surface area (Å²) < 4.78 is 19.2. The average Bonchev–Trinajstić information content (AvgIpc) is 2.79. The molecule has 34 heavy (non-hydrogen) atoms. The quantitative estimate of drug-likeness (QED) is 0.193. The number of hydrogen-bond acceptors (Lipinski definition) is 5. The lowest BCUT2D eigenvalue weighted by Gasteiger charge is -2.26. The second kappa shape index (κ2) is 10.8. The van der Waals surface area contributed by atoms with E-state index in [2.05, 4.69) is 0 Å². The van der Waals surface area contributed by atoms with Gasteiger partial charge in [-0.05, 0) is 38.5 Å². The lowest BCUT2D eigenvalue weighted by atomic mass is 9.90. The third kappa shape index (κ3) is 6.81. The van der Waals surface area contributed by atoms with Crippen LogP contribution in [0.2, 0.25) is 0 Å². The van der Waals surface area contributed by atoms with Gasteiger partial charge in [0, 0.05) is 16.1 Å². The van der Waals surface area contributed by atoms with Gasteiger partial charge in [0.1, 0.15) is 11.4 Å². The fourth-order valence-electron chi connectivity index (χ4n) is 3.57. The summed E-state index contributed by atoms with van der Waals surface area (Å²) in [5.41, 5.74) is 1.61. The first kappa shape index (κ1) is 24.8. The lowest BCUT2D eigenvalue weighted by Crippen LogP contribution is -2.37. The van der Waals surface area contributed by atoms with Crippen molar-refractivity contribution in [2.24, 2.45) is 4.99 Å². The van der Waals surface area contributed by atoms with Crippen LogP contribution in [0.15, 0.2) is 89.9 Å². The van der Waals surface area contributed by atoms with Crippen molar-refractivity contribution in [2.75, 3.05) is 6.54 Å². The number of benzene rings is 3. The molecular weight excluding hydrogens is 435 g/mol. The third-order valence-corrected chi connectivity index (χ3v) is 5.04. The molecule has 3 aromatic carbocycles. The number of nitrogens with zero attached hydrogens (tertiary/aromatic N) is 2. The van der Waals surface area contributed by atoms with Crippen LogP contribution in [0.25, 0.3) is 0 Å². The van der Waals surface area contributed by atoms with Gasteiger partial charge < -0.3 is 4.74 Å². The number of hydrogen-bond donors (Lipinski definition) is 0. The molecule has 0 amide bonds. The molecule has 7 heteroatoms. The zero-order valence-electron chi connectivity index (χ0n) is 19.4. The predicted molar refractivity (Wildman–Crippen MR) is 129 cm³/mol. The van der Waals surface area contributed by atoms with Gasteiger partial charge in [-0.15, -0.1) is 0 Å². The fraction of sp³-hybridized carbons (Fsp3) is 0.259. The Kier molecular flexibility index (Phi) is 7.89. The first-order valence-electron chi connectivity index (χ1n) is 10.9. The summed E-state index contributed by atoms with van der Waals surface area (Å²) >= 11 is 0. The number of halogens is 1. The Bertz CT molecular complexity index is 1100. The number of ether oxygens (including phenoxy) is 1. The van der Waals surface area contributed by atoms with Crippen LogP contribution < -0.4 is 0 Å². The molecule has 0 unspecified atom stereocenters. The number of carbonyl (C=O) groups excluding carboxylic acids is 1. The average molecular weight is 463 g/mol. The maximum Gasteiger partial charge on any atom is 0.332 e. The Morgan fingerprint density at radius 1 is 0.941 bits per heavy atom. The molecular formula is C27H27FN2O4. The zero-order chi connectivity index (χ0) is 24.7. The van der Waals surface area contributed by atoms with E-state index in [1.54, 1.807) is 20.8 Å². The number of aliphatic imine (C=N–C) groups is 1. The van der Waals surface area contributed by atoms with E-state index < -0.39 is 40.8 Å². The highest BCUT2D eigenvalue weighted by atomic mass is 19.1. The molecule has 3 aromatic rings. The summed E-state index contributed by atoms with van der Waals surface area (Å²) in [5, 5.41) is 11.6. The van der Waals surface area contributed by atoms with Crippen LogP contribution in [0.5, 0.6) is 0 Å². The molecule has 3 rings (SSSR count). The van der Waals surface area contributed by atoms with Crippen molar-refractivity contribution in [3.05, 3.63) is 118 Å². The van der Waals surface area contributed by atoms with Gasteiger partial charge >= 0.3 is 5.97 Å². The first-order valence-corrected chi connectivity index (χ1v) is 10.9. The molecule has 0 bridgehead atoms. The summed E-state index contributed by atoms with van der Waals surface area (Å²) in [6, 6.07) is 22.7. The molecule has 0 radical (unpaired) electrons. The van der Waals surface area contributed by atoms with E-state index in [1.165, 1.54) is 24.3 Å². The van der Waals surface area contributed by atoms with Crippen molar-refractivity contribution >= 4 is 11.7 Å². The van der Waals surface area contributed by atoms with E-state index in [0.29, 0.717) is 11.3 Å². The molecule has 6 nitrogen and oxygen atoms in total. The van der Waals surface area contributed by atoms with Gasteiger partial charge in [0.05, 0.1) is 11.6 Å². The highest BCUT2D eigenvalue weighted by molar-refractivity contribution is 6.13. The van der Waals surface area contributed by atoms with Crippen molar-refractivity contribution in [3.8, 4) is 0 Å². The molecule has 0 heterocycles. The first-order chi connectivity index (χ1) is 16.1. The van der Waals surface area contributed by atoms with Gasteiger partial charge in [-0.25, -0.2) is 9.18 Å².